The molecule has 0 aromatic heterocycles. The zero-order chi connectivity index (χ0) is 22.1. The Bertz CT molecular complexity index is 979. The number of halogens is 6. The highest BCUT2D eigenvalue weighted by atomic mass is 19.4. The quantitative estimate of drug-likeness (QED) is 0.369. The highest BCUT2D eigenvalue weighted by Crippen LogP contribution is 2.44. The first kappa shape index (κ1) is 21.2. The van der Waals surface area contributed by atoms with Gasteiger partial charge in [-0.15, -0.1) is 0 Å². The Morgan fingerprint density at radius 2 is 0.833 bits per heavy atom. The van der Waals surface area contributed by atoms with E-state index in [4.69, 9.17) is 20.9 Å². The van der Waals surface area contributed by atoms with Crippen molar-refractivity contribution >= 4 is 11.4 Å². The van der Waals surface area contributed by atoms with E-state index in [0.29, 0.717) is 0 Å². The van der Waals surface area contributed by atoms with Gasteiger partial charge in [-0.25, -0.2) is 0 Å². The molecule has 0 fully saturated rings. The SMILES string of the molecule is Nc1c(Oc2ccccc2Oc2cccc(C(F)(F)F)c2N)cccc1C(F)(F)F. The van der Waals surface area contributed by atoms with Gasteiger partial charge < -0.3 is 20.9 Å². The Morgan fingerprint density at radius 3 is 1.17 bits per heavy atom. The maximum Gasteiger partial charge on any atom is 0.418 e. The molecule has 4 N–H and O–H groups in total. The molecule has 3 rings (SSSR count). The highest BCUT2D eigenvalue weighted by Gasteiger charge is 2.35. The third-order valence-electron chi connectivity index (χ3n) is 4.03. The number of ether oxygens (including phenoxy) is 2. The minimum Gasteiger partial charge on any atom is -0.451 e. The normalized spacial score (nSPS) is 11.9. The molecule has 158 valence electrons. The van der Waals surface area contributed by atoms with Crippen LogP contribution in [0, 0.1) is 0 Å². The first-order valence-corrected chi connectivity index (χ1v) is 8.34. The molecule has 3 aromatic carbocycles. The first-order chi connectivity index (χ1) is 14.0. The van der Waals surface area contributed by atoms with Crippen molar-refractivity contribution in [2.75, 3.05) is 11.5 Å². The van der Waals surface area contributed by atoms with Gasteiger partial charge >= 0.3 is 12.4 Å². The van der Waals surface area contributed by atoms with Crippen molar-refractivity contribution < 1.29 is 35.8 Å². The van der Waals surface area contributed by atoms with E-state index in [-0.39, 0.29) is 23.0 Å². The van der Waals surface area contributed by atoms with Crippen LogP contribution in [0.5, 0.6) is 23.0 Å². The van der Waals surface area contributed by atoms with Gasteiger partial charge in [0.2, 0.25) is 0 Å². The lowest BCUT2D eigenvalue weighted by molar-refractivity contribution is -0.137. The molecular weight excluding hydrogens is 414 g/mol. The molecule has 0 bridgehead atoms. The third kappa shape index (κ3) is 4.37. The minimum absolute atomic E-state index is 0.0691. The number of hydrogen-bond donors (Lipinski definition) is 2. The van der Waals surface area contributed by atoms with E-state index in [0.717, 1.165) is 24.3 Å². The van der Waals surface area contributed by atoms with Gasteiger partial charge in [0, 0.05) is 0 Å². The monoisotopic (exact) mass is 428 g/mol. The smallest absolute Gasteiger partial charge is 0.418 e. The van der Waals surface area contributed by atoms with Crippen LogP contribution < -0.4 is 20.9 Å². The number of nitrogens with two attached hydrogens (primary N) is 2. The molecule has 0 saturated carbocycles. The first-order valence-electron chi connectivity index (χ1n) is 8.34. The maximum absolute atomic E-state index is 13.0. The van der Waals surface area contributed by atoms with Crippen LogP contribution in [0.25, 0.3) is 0 Å². The molecule has 0 amide bonds. The van der Waals surface area contributed by atoms with Crippen LogP contribution in [0.1, 0.15) is 11.1 Å². The van der Waals surface area contributed by atoms with Crippen molar-refractivity contribution in [2.45, 2.75) is 12.4 Å². The van der Waals surface area contributed by atoms with Crippen LogP contribution in [0.15, 0.2) is 60.7 Å². The zero-order valence-corrected chi connectivity index (χ0v) is 15.0. The van der Waals surface area contributed by atoms with E-state index in [1.807, 2.05) is 0 Å². The summed E-state index contributed by atoms with van der Waals surface area (Å²) in [5.41, 5.74) is 7.72. The zero-order valence-electron chi connectivity index (χ0n) is 15.0. The lowest BCUT2D eigenvalue weighted by Crippen LogP contribution is -2.10. The molecule has 0 aliphatic rings. The van der Waals surface area contributed by atoms with Gasteiger partial charge in [-0.05, 0) is 36.4 Å². The predicted octanol–water partition coefficient (Wildman–Crippen LogP) is 6.47. The standard InChI is InChI=1S/C20H14F6N2O2/c21-19(22,23)11-5-3-9-15(17(11)27)29-13-7-1-2-8-14(13)30-16-10-4-6-12(18(16)28)20(24,25)26/h1-10H,27-28H2. The van der Waals surface area contributed by atoms with Crippen molar-refractivity contribution in [1.82, 2.24) is 0 Å². The van der Waals surface area contributed by atoms with Gasteiger partial charge in [-0.3, -0.25) is 0 Å². The summed E-state index contributed by atoms with van der Waals surface area (Å²) < 4.78 is 89.2. The van der Waals surface area contributed by atoms with Crippen LogP contribution in [-0.2, 0) is 12.4 Å². The highest BCUT2D eigenvalue weighted by molar-refractivity contribution is 5.63. The molecule has 30 heavy (non-hydrogen) atoms. The summed E-state index contributed by atoms with van der Waals surface area (Å²) in [6.45, 7) is 0. The average molecular weight is 428 g/mol. The fourth-order valence-electron chi connectivity index (χ4n) is 2.62. The summed E-state index contributed by atoms with van der Waals surface area (Å²) in [5.74, 6) is -0.726. The second kappa shape index (κ2) is 7.69. The van der Waals surface area contributed by atoms with Crippen LogP contribution in [0.3, 0.4) is 0 Å². The Hall–Kier alpha value is -3.56. The number of nitrogen functional groups attached to an aromatic ring is 2. The summed E-state index contributed by atoms with van der Waals surface area (Å²) in [6.07, 6.45) is -9.38. The Balaban J connectivity index is 1.96. The molecule has 4 nitrogen and oxygen atoms in total. The molecule has 0 radical (unpaired) electrons. The molecule has 0 aliphatic heterocycles. The van der Waals surface area contributed by atoms with Gasteiger partial charge in [0.05, 0.1) is 22.5 Å². The Morgan fingerprint density at radius 1 is 0.500 bits per heavy atom. The Kier molecular flexibility index (Phi) is 5.43. The lowest BCUT2D eigenvalue weighted by atomic mass is 10.1. The van der Waals surface area contributed by atoms with Crippen LogP contribution >= 0.6 is 0 Å². The second-order valence-corrected chi connectivity index (χ2v) is 6.08. The van der Waals surface area contributed by atoms with Crippen molar-refractivity contribution in [3.63, 3.8) is 0 Å². The van der Waals surface area contributed by atoms with E-state index in [2.05, 4.69) is 0 Å². The summed E-state index contributed by atoms with van der Waals surface area (Å²) in [7, 11) is 0. The largest absolute Gasteiger partial charge is 0.451 e. The number of hydrogen-bond acceptors (Lipinski definition) is 4. The van der Waals surface area contributed by atoms with Gasteiger partial charge in [0.25, 0.3) is 0 Å². The fourth-order valence-corrected chi connectivity index (χ4v) is 2.62. The molecule has 0 atom stereocenters. The average Bonchev–Trinajstić information content (AvgIpc) is 2.64. The molecule has 0 spiro atoms. The number of alkyl halides is 6. The second-order valence-electron chi connectivity index (χ2n) is 6.08. The third-order valence-corrected chi connectivity index (χ3v) is 4.03. The molecule has 0 saturated heterocycles. The lowest BCUT2D eigenvalue weighted by Gasteiger charge is -2.17. The van der Waals surface area contributed by atoms with Gasteiger partial charge in [0.1, 0.15) is 0 Å². The number of anilines is 2. The molecule has 0 heterocycles. The van der Waals surface area contributed by atoms with E-state index >= 15 is 0 Å². The molecule has 3 aromatic rings. The van der Waals surface area contributed by atoms with Crippen LogP contribution in [0.2, 0.25) is 0 Å². The van der Waals surface area contributed by atoms with E-state index in [1.54, 1.807) is 0 Å². The summed E-state index contributed by atoms with van der Waals surface area (Å²) in [6, 6.07) is 12.0. The summed E-state index contributed by atoms with van der Waals surface area (Å²) in [4.78, 5) is 0. The topological polar surface area (TPSA) is 70.5 Å². The van der Waals surface area contributed by atoms with Gasteiger partial charge in [-0.2, -0.15) is 26.3 Å². The van der Waals surface area contributed by atoms with E-state index in [1.165, 1.54) is 36.4 Å². The van der Waals surface area contributed by atoms with Crippen molar-refractivity contribution in [3.8, 4) is 23.0 Å². The fraction of sp³-hybridized carbons (Fsp3) is 0.100. The Labute approximate surface area is 166 Å². The predicted molar refractivity (Wildman–Crippen MR) is 98.3 cm³/mol. The van der Waals surface area contributed by atoms with Gasteiger partial charge in [-0.1, -0.05) is 24.3 Å². The van der Waals surface area contributed by atoms with Gasteiger partial charge in [0.15, 0.2) is 23.0 Å². The number of para-hydroxylation sites is 4. The number of rotatable bonds is 4. The summed E-state index contributed by atoms with van der Waals surface area (Å²) >= 11 is 0. The van der Waals surface area contributed by atoms with Crippen LogP contribution in [-0.4, -0.2) is 0 Å². The number of benzene rings is 3. The summed E-state index contributed by atoms with van der Waals surface area (Å²) in [5, 5.41) is 0. The molecule has 0 aliphatic carbocycles. The van der Waals surface area contributed by atoms with E-state index < -0.39 is 34.9 Å². The van der Waals surface area contributed by atoms with E-state index in [9.17, 15) is 26.3 Å². The van der Waals surface area contributed by atoms with Crippen molar-refractivity contribution in [2.24, 2.45) is 0 Å². The van der Waals surface area contributed by atoms with Crippen molar-refractivity contribution in [1.29, 1.82) is 0 Å². The maximum atomic E-state index is 13.0. The molecule has 10 heteroatoms. The molecule has 0 unspecified atom stereocenters. The van der Waals surface area contributed by atoms with Crippen molar-refractivity contribution in [3.05, 3.63) is 71.8 Å². The minimum atomic E-state index is -4.69. The molecular formula is C20H14F6N2O2. The van der Waals surface area contributed by atoms with Crippen LogP contribution in [0.4, 0.5) is 37.7 Å².